The van der Waals surface area contributed by atoms with E-state index in [0.717, 1.165) is 12.0 Å². The van der Waals surface area contributed by atoms with E-state index in [1.807, 2.05) is 19.1 Å². The van der Waals surface area contributed by atoms with Crippen LogP contribution in [0.4, 0.5) is 0 Å². The molecule has 0 aliphatic rings. The number of aryl methyl sites for hydroxylation is 1. The van der Waals surface area contributed by atoms with Crippen LogP contribution in [0.3, 0.4) is 0 Å². The van der Waals surface area contributed by atoms with Gasteiger partial charge >= 0.3 is 11.9 Å². The number of hydrogen-bond acceptors (Lipinski definition) is 3. The lowest BCUT2D eigenvalue weighted by atomic mass is 10.0. The molecule has 1 aromatic carbocycles. The summed E-state index contributed by atoms with van der Waals surface area (Å²) in [6.07, 6.45) is 0.793. The van der Waals surface area contributed by atoms with E-state index in [1.165, 1.54) is 0 Å². The molecule has 1 atom stereocenters. The average Bonchev–Trinajstić information content (AvgIpc) is 2.34. The first-order valence-corrected chi connectivity index (χ1v) is 5.81. The third kappa shape index (κ3) is 4.18. The summed E-state index contributed by atoms with van der Waals surface area (Å²) in [6.45, 7) is 2.15. The van der Waals surface area contributed by atoms with Gasteiger partial charge in [-0.25, -0.2) is 0 Å². The smallest absolute Gasteiger partial charge is 0.325 e. The van der Waals surface area contributed by atoms with E-state index in [1.54, 1.807) is 12.1 Å². The predicted octanol–water partition coefficient (Wildman–Crippen LogP) is 1.44. The molecule has 0 heterocycles. The highest BCUT2D eigenvalue weighted by molar-refractivity contribution is 5.75. The fourth-order valence-electron chi connectivity index (χ4n) is 1.62. The zero-order chi connectivity index (χ0) is 13.5. The lowest BCUT2D eigenvalue weighted by Crippen LogP contribution is -2.30. The van der Waals surface area contributed by atoms with E-state index in [2.05, 4.69) is 5.32 Å². The zero-order valence-electron chi connectivity index (χ0n) is 10.2. The molecular formula is C13H17NO4. The van der Waals surface area contributed by atoms with Gasteiger partial charge in [0.1, 0.15) is 6.04 Å². The number of nitrogens with one attached hydrogen (secondary N) is 1. The molecule has 0 aromatic heterocycles. The van der Waals surface area contributed by atoms with Gasteiger partial charge in [0.2, 0.25) is 0 Å². The molecule has 0 bridgehead atoms. The lowest BCUT2D eigenvalue weighted by Gasteiger charge is -2.14. The van der Waals surface area contributed by atoms with Crippen molar-refractivity contribution < 1.29 is 19.8 Å². The van der Waals surface area contributed by atoms with Crippen LogP contribution in [0.5, 0.6) is 0 Å². The normalized spacial score (nSPS) is 12.1. The molecule has 0 aliphatic heterocycles. The molecule has 0 amide bonds. The van der Waals surface area contributed by atoms with Gasteiger partial charge in [0.25, 0.3) is 0 Å². The van der Waals surface area contributed by atoms with Crippen molar-refractivity contribution in [3.63, 3.8) is 0 Å². The Bertz CT molecular complexity index is 414. The summed E-state index contributed by atoms with van der Waals surface area (Å²) in [4.78, 5) is 21.5. The second-order valence-electron chi connectivity index (χ2n) is 3.96. The minimum atomic E-state index is -1.01. The van der Waals surface area contributed by atoms with Gasteiger partial charge in [0.15, 0.2) is 0 Å². The third-order valence-corrected chi connectivity index (χ3v) is 2.66. The van der Waals surface area contributed by atoms with Crippen molar-refractivity contribution in [1.82, 2.24) is 5.32 Å². The molecule has 0 saturated carbocycles. The molecule has 1 unspecified atom stereocenters. The SMILES string of the molecule is CCc1ccc(C(NCCC(=O)O)C(=O)O)cc1. The first-order valence-electron chi connectivity index (χ1n) is 5.81. The molecule has 0 aliphatic carbocycles. The molecule has 3 N–H and O–H groups in total. The van der Waals surface area contributed by atoms with Crippen LogP contribution >= 0.6 is 0 Å². The Morgan fingerprint density at radius 2 is 1.83 bits per heavy atom. The molecule has 18 heavy (non-hydrogen) atoms. The van der Waals surface area contributed by atoms with Crippen LogP contribution in [0.25, 0.3) is 0 Å². The summed E-state index contributed by atoms with van der Waals surface area (Å²) in [5.41, 5.74) is 1.76. The standard InChI is InChI=1S/C13H17NO4/c1-2-9-3-5-10(6-4-9)12(13(17)18)14-8-7-11(15)16/h3-6,12,14H,2,7-8H2,1H3,(H,15,16)(H,17,18). The minimum absolute atomic E-state index is 0.100. The maximum absolute atomic E-state index is 11.1. The molecule has 5 heteroatoms. The molecule has 1 aromatic rings. The number of carboxylic acids is 2. The third-order valence-electron chi connectivity index (χ3n) is 2.66. The summed E-state index contributed by atoms with van der Waals surface area (Å²) in [5, 5.41) is 20.3. The van der Waals surface area contributed by atoms with Gasteiger partial charge in [-0.2, -0.15) is 0 Å². The van der Waals surface area contributed by atoms with Crippen molar-refractivity contribution in [3.8, 4) is 0 Å². The number of carboxylic acid groups (broad SMARTS) is 2. The van der Waals surface area contributed by atoms with Crippen molar-refractivity contribution in [2.45, 2.75) is 25.8 Å². The van der Waals surface area contributed by atoms with Crippen molar-refractivity contribution in [3.05, 3.63) is 35.4 Å². The van der Waals surface area contributed by atoms with E-state index in [9.17, 15) is 9.59 Å². The van der Waals surface area contributed by atoms with E-state index < -0.39 is 18.0 Å². The second kappa shape index (κ2) is 6.76. The maximum Gasteiger partial charge on any atom is 0.325 e. The largest absolute Gasteiger partial charge is 0.481 e. The van der Waals surface area contributed by atoms with Gasteiger partial charge in [-0.1, -0.05) is 31.2 Å². The van der Waals surface area contributed by atoms with Gasteiger partial charge in [0, 0.05) is 6.54 Å². The zero-order valence-corrected chi connectivity index (χ0v) is 10.2. The molecule has 0 saturated heterocycles. The average molecular weight is 251 g/mol. The van der Waals surface area contributed by atoms with E-state index in [4.69, 9.17) is 10.2 Å². The van der Waals surface area contributed by atoms with Crippen LogP contribution in [-0.4, -0.2) is 28.7 Å². The van der Waals surface area contributed by atoms with E-state index in [0.29, 0.717) is 5.56 Å². The molecular weight excluding hydrogens is 234 g/mol. The Hall–Kier alpha value is -1.88. The molecule has 0 spiro atoms. The van der Waals surface area contributed by atoms with Gasteiger partial charge in [-0.05, 0) is 17.5 Å². The highest BCUT2D eigenvalue weighted by atomic mass is 16.4. The van der Waals surface area contributed by atoms with Gasteiger partial charge in [0.05, 0.1) is 6.42 Å². The van der Waals surface area contributed by atoms with Crippen LogP contribution in [0, 0.1) is 0 Å². The minimum Gasteiger partial charge on any atom is -0.481 e. The topological polar surface area (TPSA) is 86.6 Å². The summed E-state index contributed by atoms with van der Waals surface area (Å²) in [6, 6.07) is 6.40. The van der Waals surface area contributed by atoms with Crippen molar-refractivity contribution in [1.29, 1.82) is 0 Å². The van der Waals surface area contributed by atoms with Crippen LogP contribution in [0.15, 0.2) is 24.3 Å². The first-order chi connectivity index (χ1) is 8.54. The first kappa shape index (κ1) is 14.2. The van der Waals surface area contributed by atoms with Crippen molar-refractivity contribution in [2.24, 2.45) is 0 Å². The number of carbonyl (C=O) groups is 2. The summed E-state index contributed by atoms with van der Waals surface area (Å²) < 4.78 is 0. The van der Waals surface area contributed by atoms with Crippen LogP contribution in [0.1, 0.15) is 30.5 Å². The highest BCUT2D eigenvalue weighted by Gasteiger charge is 2.18. The molecule has 5 nitrogen and oxygen atoms in total. The number of hydrogen-bond donors (Lipinski definition) is 3. The highest BCUT2D eigenvalue weighted by Crippen LogP contribution is 2.14. The Morgan fingerprint density at radius 3 is 2.28 bits per heavy atom. The Labute approximate surface area is 105 Å². The number of rotatable bonds is 7. The van der Waals surface area contributed by atoms with Crippen LogP contribution < -0.4 is 5.32 Å². The fourth-order valence-corrected chi connectivity index (χ4v) is 1.62. The van der Waals surface area contributed by atoms with Gasteiger partial charge in [-0.15, -0.1) is 0 Å². The maximum atomic E-state index is 11.1. The number of benzene rings is 1. The Balaban J connectivity index is 2.71. The van der Waals surface area contributed by atoms with Crippen LogP contribution in [0.2, 0.25) is 0 Å². The van der Waals surface area contributed by atoms with Crippen molar-refractivity contribution >= 4 is 11.9 Å². The van der Waals surface area contributed by atoms with Crippen molar-refractivity contribution in [2.75, 3.05) is 6.54 Å². The van der Waals surface area contributed by atoms with E-state index in [-0.39, 0.29) is 13.0 Å². The summed E-state index contributed by atoms with van der Waals surface area (Å²) in [7, 11) is 0. The summed E-state index contributed by atoms with van der Waals surface area (Å²) in [5.74, 6) is -1.96. The summed E-state index contributed by atoms with van der Waals surface area (Å²) >= 11 is 0. The Kier molecular flexibility index (Phi) is 5.32. The molecule has 0 radical (unpaired) electrons. The molecule has 0 fully saturated rings. The Morgan fingerprint density at radius 1 is 1.22 bits per heavy atom. The monoisotopic (exact) mass is 251 g/mol. The fraction of sp³-hybridized carbons (Fsp3) is 0.385. The number of aliphatic carboxylic acids is 2. The van der Waals surface area contributed by atoms with Crippen LogP contribution in [-0.2, 0) is 16.0 Å². The van der Waals surface area contributed by atoms with Gasteiger partial charge in [-0.3, -0.25) is 9.59 Å². The molecule has 98 valence electrons. The predicted molar refractivity (Wildman–Crippen MR) is 66.5 cm³/mol. The lowest BCUT2D eigenvalue weighted by molar-refractivity contribution is -0.141. The van der Waals surface area contributed by atoms with E-state index >= 15 is 0 Å². The quantitative estimate of drug-likeness (QED) is 0.682. The molecule has 1 rings (SSSR count). The van der Waals surface area contributed by atoms with Gasteiger partial charge < -0.3 is 15.5 Å². The second-order valence-corrected chi connectivity index (χ2v) is 3.96.